The smallest absolute Gasteiger partial charge is 0.228 e. The largest absolute Gasteiger partial charge is 0.370 e. The molecule has 4 rings (SSSR count). The summed E-state index contributed by atoms with van der Waals surface area (Å²) in [5.74, 6) is -0.281. The number of ether oxygens (including phenoxy) is 1. The summed E-state index contributed by atoms with van der Waals surface area (Å²) in [5, 5.41) is 3.35. The van der Waals surface area contributed by atoms with Crippen molar-refractivity contribution >= 4 is 28.8 Å². The van der Waals surface area contributed by atoms with E-state index in [1.165, 1.54) is 23.5 Å². The zero-order valence-electron chi connectivity index (χ0n) is 15.0. The Kier molecular flexibility index (Phi) is 5.71. The first kappa shape index (κ1) is 19.1. The number of carbonyl (C=O) groups is 1. The zero-order valence-corrected chi connectivity index (χ0v) is 16.5. The molecule has 28 heavy (non-hydrogen) atoms. The Morgan fingerprint density at radius 1 is 1.25 bits per heavy atom. The number of halogens is 2. The van der Waals surface area contributed by atoms with Crippen LogP contribution in [0.25, 0.3) is 10.6 Å². The Morgan fingerprint density at radius 3 is 2.82 bits per heavy atom. The molecule has 1 aliphatic rings. The van der Waals surface area contributed by atoms with E-state index in [-0.39, 0.29) is 24.2 Å². The molecule has 1 unspecified atom stereocenters. The summed E-state index contributed by atoms with van der Waals surface area (Å²) in [6, 6.07) is 13.7. The molecule has 1 saturated heterocycles. The Hall–Kier alpha value is -2.28. The molecular formula is C21H18ClFN2O2S. The fraction of sp³-hybridized carbons (Fsp3) is 0.238. The van der Waals surface area contributed by atoms with Gasteiger partial charge in [0.2, 0.25) is 5.91 Å². The maximum atomic E-state index is 13.1. The van der Waals surface area contributed by atoms with Crippen molar-refractivity contribution in [3.8, 4) is 10.6 Å². The van der Waals surface area contributed by atoms with E-state index >= 15 is 0 Å². The van der Waals surface area contributed by atoms with Crippen LogP contribution in [-0.4, -0.2) is 35.5 Å². The van der Waals surface area contributed by atoms with Gasteiger partial charge in [0.15, 0.2) is 0 Å². The van der Waals surface area contributed by atoms with Gasteiger partial charge in [-0.05, 0) is 23.8 Å². The normalized spacial score (nSPS) is 16.9. The van der Waals surface area contributed by atoms with Gasteiger partial charge in [0, 0.05) is 17.5 Å². The first-order chi connectivity index (χ1) is 13.6. The summed E-state index contributed by atoms with van der Waals surface area (Å²) in [6.45, 7) is 1.44. The van der Waals surface area contributed by atoms with Gasteiger partial charge in [-0.2, -0.15) is 0 Å². The van der Waals surface area contributed by atoms with Crippen LogP contribution in [0.3, 0.4) is 0 Å². The van der Waals surface area contributed by atoms with Crippen LogP contribution in [0.5, 0.6) is 0 Å². The van der Waals surface area contributed by atoms with Crippen molar-refractivity contribution in [2.24, 2.45) is 0 Å². The highest BCUT2D eigenvalue weighted by Crippen LogP contribution is 2.30. The first-order valence-corrected chi connectivity index (χ1v) is 10.2. The molecule has 3 aromatic rings. The van der Waals surface area contributed by atoms with Crippen molar-refractivity contribution in [3.05, 3.63) is 76.0 Å². The number of benzene rings is 2. The lowest BCUT2D eigenvalue weighted by Crippen LogP contribution is -2.43. The fourth-order valence-corrected chi connectivity index (χ4v) is 4.31. The van der Waals surface area contributed by atoms with Crippen molar-refractivity contribution in [2.75, 3.05) is 19.7 Å². The van der Waals surface area contributed by atoms with E-state index in [2.05, 4.69) is 4.98 Å². The number of nitrogens with zero attached hydrogens (tertiary/aromatic N) is 2. The van der Waals surface area contributed by atoms with Crippen molar-refractivity contribution in [1.29, 1.82) is 0 Å². The summed E-state index contributed by atoms with van der Waals surface area (Å²) in [7, 11) is 0. The van der Waals surface area contributed by atoms with E-state index in [1.807, 2.05) is 29.6 Å². The molecule has 2 aromatic carbocycles. The lowest BCUT2D eigenvalue weighted by atomic mass is 10.1. The number of aromatic nitrogens is 1. The second-order valence-corrected chi connectivity index (χ2v) is 7.82. The second kappa shape index (κ2) is 8.39. The van der Waals surface area contributed by atoms with Crippen molar-refractivity contribution in [2.45, 2.75) is 12.5 Å². The van der Waals surface area contributed by atoms with Gasteiger partial charge in [-0.3, -0.25) is 4.79 Å². The van der Waals surface area contributed by atoms with E-state index < -0.39 is 0 Å². The quantitative estimate of drug-likeness (QED) is 0.616. The number of amides is 1. The van der Waals surface area contributed by atoms with Gasteiger partial charge in [0.1, 0.15) is 16.9 Å². The lowest BCUT2D eigenvalue weighted by Gasteiger charge is -2.33. The Balaban J connectivity index is 1.42. The fourth-order valence-electron chi connectivity index (χ4n) is 3.17. The van der Waals surface area contributed by atoms with Crippen LogP contribution < -0.4 is 0 Å². The molecule has 0 bridgehead atoms. The third-order valence-electron chi connectivity index (χ3n) is 4.65. The molecule has 144 valence electrons. The molecule has 0 aliphatic carbocycles. The van der Waals surface area contributed by atoms with E-state index in [0.717, 1.165) is 21.8 Å². The highest BCUT2D eigenvalue weighted by atomic mass is 35.5. The van der Waals surface area contributed by atoms with Crippen molar-refractivity contribution in [1.82, 2.24) is 9.88 Å². The molecule has 0 spiro atoms. The van der Waals surface area contributed by atoms with Gasteiger partial charge >= 0.3 is 0 Å². The van der Waals surface area contributed by atoms with Crippen LogP contribution >= 0.6 is 22.9 Å². The number of morpholine rings is 1. The number of hydrogen-bond acceptors (Lipinski definition) is 4. The van der Waals surface area contributed by atoms with Crippen LogP contribution in [0, 0.1) is 5.82 Å². The van der Waals surface area contributed by atoms with Gasteiger partial charge in [-0.25, -0.2) is 9.37 Å². The van der Waals surface area contributed by atoms with E-state index in [1.54, 1.807) is 17.0 Å². The first-order valence-electron chi connectivity index (χ1n) is 8.94. The molecule has 1 aromatic heterocycles. The highest BCUT2D eigenvalue weighted by Gasteiger charge is 2.26. The van der Waals surface area contributed by atoms with Crippen molar-refractivity contribution < 1.29 is 13.9 Å². The summed E-state index contributed by atoms with van der Waals surface area (Å²) < 4.78 is 18.9. The van der Waals surface area contributed by atoms with E-state index in [9.17, 15) is 9.18 Å². The number of thiazole rings is 1. The monoisotopic (exact) mass is 416 g/mol. The number of hydrogen-bond donors (Lipinski definition) is 0. The van der Waals surface area contributed by atoms with Crippen LogP contribution in [-0.2, 0) is 16.0 Å². The minimum atomic E-state index is -0.287. The Labute approximate surface area is 171 Å². The van der Waals surface area contributed by atoms with Crippen molar-refractivity contribution in [3.63, 3.8) is 0 Å². The van der Waals surface area contributed by atoms with E-state index in [0.29, 0.717) is 24.7 Å². The SMILES string of the molecule is O=C(Cc1csc(-c2ccccc2Cl)n1)N1CCOC(c2ccc(F)cc2)C1. The van der Waals surface area contributed by atoms with Crippen LogP contribution in [0.1, 0.15) is 17.4 Å². The molecule has 0 N–H and O–H groups in total. The van der Waals surface area contributed by atoms with Crippen LogP contribution in [0.15, 0.2) is 53.9 Å². The molecule has 0 radical (unpaired) electrons. The zero-order chi connectivity index (χ0) is 19.5. The Bertz CT molecular complexity index is 977. The topological polar surface area (TPSA) is 42.4 Å². The molecule has 1 fully saturated rings. The number of carbonyl (C=O) groups excluding carboxylic acids is 1. The lowest BCUT2D eigenvalue weighted by molar-refractivity contribution is -0.138. The number of rotatable bonds is 4. The van der Waals surface area contributed by atoms with Gasteiger partial charge in [0.05, 0.1) is 30.3 Å². The third kappa shape index (κ3) is 4.24. The molecule has 2 heterocycles. The average molecular weight is 417 g/mol. The molecule has 1 atom stereocenters. The second-order valence-electron chi connectivity index (χ2n) is 6.55. The van der Waals surface area contributed by atoms with Gasteiger partial charge in [-0.15, -0.1) is 11.3 Å². The maximum Gasteiger partial charge on any atom is 0.228 e. The minimum Gasteiger partial charge on any atom is -0.370 e. The minimum absolute atomic E-state index is 0.00594. The summed E-state index contributed by atoms with van der Waals surface area (Å²) in [6.07, 6.45) is -0.00990. The summed E-state index contributed by atoms with van der Waals surface area (Å²) >= 11 is 7.71. The summed E-state index contributed by atoms with van der Waals surface area (Å²) in [4.78, 5) is 19.1. The molecule has 0 saturated carbocycles. The Morgan fingerprint density at radius 2 is 2.04 bits per heavy atom. The van der Waals surface area contributed by atoms with Gasteiger partial charge < -0.3 is 9.64 Å². The van der Waals surface area contributed by atoms with Crippen LogP contribution in [0.2, 0.25) is 5.02 Å². The van der Waals surface area contributed by atoms with Gasteiger partial charge in [0.25, 0.3) is 0 Å². The molecule has 4 nitrogen and oxygen atoms in total. The maximum absolute atomic E-state index is 13.1. The highest BCUT2D eigenvalue weighted by molar-refractivity contribution is 7.13. The summed E-state index contributed by atoms with van der Waals surface area (Å²) in [5.41, 5.74) is 2.47. The van der Waals surface area contributed by atoms with E-state index in [4.69, 9.17) is 16.3 Å². The third-order valence-corrected chi connectivity index (χ3v) is 5.90. The van der Waals surface area contributed by atoms with Gasteiger partial charge in [-0.1, -0.05) is 41.9 Å². The average Bonchev–Trinajstić information content (AvgIpc) is 3.17. The standard InChI is InChI=1S/C21H18ClFN2O2S/c22-18-4-2-1-3-17(18)21-24-16(13-28-21)11-20(26)25-9-10-27-19(12-25)14-5-7-15(23)8-6-14/h1-8,13,19H,9-12H2. The predicted molar refractivity (Wildman–Crippen MR) is 108 cm³/mol. The molecule has 1 aliphatic heterocycles. The predicted octanol–water partition coefficient (Wildman–Crippen LogP) is 4.75. The molecule has 7 heteroatoms. The molecular weight excluding hydrogens is 399 g/mol. The van der Waals surface area contributed by atoms with Crippen LogP contribution in [0.4, 0.5) is 4.39 Å². The molecule has 1 amide bonds.